The van der Waals surface area contributed by atoms with Gasteiger partial charge in [0, 0.05) is 21.8 Å². The molecule has 1 nitrogen and oxygen atoms in total. The van der Waals surface area contributed by atoms with Crippen molar-refractivity contribution in [2.75, 3.05) is 0 Å². The molecule has 0 aliphatic heterocycles. The van der Waals surface area contributed by atoms with Crippen molar-refractivity contribution in [1.82, 2.24) is 4.23 Å². The first kappa shape index (κ1) is 24.5. The van der Waals surface area contributed by atoms with Crippen molar-refractivity contribution in [3.8, 4) is 0 Å². The lowest BCUT2D eigenvalue weighted by Gasteiger charge is -2.50. The van der Waals surface area contributed by atoms with E-state index in [1.165, 1.54) is 21.8 Å². The van der Waals surface area contributed by atoms with Crippen LogP contribution in [0.2, 0.25) is 55.9 Å². The van der Waals surface area contributed by atoms with Gasteiger partial charge in [0.15, 0.2) is 8.24 Å². The van der Waals surface area contributed by atoms with Gasteiger partial charge < -0.3 is 4.23 Å². The first-order chi connectivity index (χ1) is 13.8. The number of hydrogen-bond acceptors (Lipinski definition) is 0. The summed E-state index contributed by atoms with van der Waals surface area (Å²) < 4.78 is 2.75. The van der Waals surface area contributed by atoms with Gasteiger partial charge in [0.05, 0.1) is 16.1 Å². The molecule has 3 rings (SSSR count). The summed E-state index contributed by atoms with van der Waals surface area (Å²) in [5.74, 6) is 0. The van der Waals surface area contributed by atoms with E-state index in [0.717, 1.165) is 0 Å². The number of aromatic nitrogens is 1. The summed E-state index contributed by atoms with van der Waals surface area (Å²) in [5, 5.41) is 6.61. The lowest BCUT2D eigenvalue weighted by atomic mass is 10.1. The molecule has 0 atom stereocenters. The second kappa shape index (κ2) is 7.19. The van der Waals surface area contributed by atoms with Gasteiger partial charge in [-0.25, -0.2) is 0 Å². The molecule has 0 saturated carbocycles. The Kier molecular flexibility index (Phi) is 5.69. The predicted octanol–water partition coefficient (Wildman–Crippen LogP) is 7.91. The van der Waals surface area contributed by atoms with E-state index in [4.69, 9.17) is 0 Å². The molecule has 0 amide bonds. The summed E-state index contributed by atoms with van der Waals surface area (Å²) in [7, 11) is -4.79. The van der Waals surface area contributed by atoms with E-state index in [-0.39, 0.29) is 0 Å². The maximum atomic E-state index is 2.75. The zero-order valence-electron chi connectivity index (χ0n) is 22.4. The average molecular weight is 468 g/mol. The molecular formula is C27H45NSi3. The zero-order valence-corrected chi connectivity index (χ0v) is 25.4. The standard InChI is InChI=1S/C27H45NSi3/c1-26(2,3)31(13,27(4,5)6)21-15-17-23-22-16-14-20(29(7,8)9)18-24(22)28(25(23)19-21)30(10,11)12/h14-19H,1-13H3. The van der Waals surface area contributed by atoms with Crippen molar-refractivity contribution < 1.29 is 0 Å². The van der Waals surface area contributed by atoms with E-state index in [1.807, 2.05) is 0 Å². The van der Waals surface area contributed by atoms with Gasteiger partial charge in [-0.3, -0.25) is 0 Å². The summed E-state index contributed by atoms with van der Waals surface area (Å²) in [5.41, 5.74) is 2.92. The molecule has 0 saturated heterocycles. The maximum Gasteiger partial charge on any atom is 0.153 e. The molecule has 0 spiro atoms. The first-order valence-electron chi connectivity index (χ1n) is 11.9. The normalized spacial score (nSPS) is 14.6. The molecule has 0 radical (unpaired) electrons. The minimum Gasteiger partial charge on any atom is -0.368 e. The number of benzene rings is 2. The van der Waals surface area contributed by atoms with Crippen LogP contribution in [0.4, 0.5) is 0 Å². The predicted molar refractivity (Wildman–Crippen MR) is 152 cm³/mol. The van der Waals surface area contributed by atoms with Crippen LogP contribution in [0.15, 0.2) is 36.4 Å². The second-order valence-electron chi connectivity index (χ2n) is 13.8. The van der Waals surface area contributed by atoms with Crippen molar-refractivity contribution in [2.24, 2.45) is 0 Å². The van der Waals surface area contributed by atoms with Crippen molar-refractivity contribution in [2.45, 2.75) is 97.4 Å². The minimum absolute atomic E-state index is 0.292. The highest BCUT2D eigenvalue weighted by Gasteiger charge is 2.50. The number of rotatable bonds is 3. The lowest BCUT2D eigenvalue weighted by molar-refractivity contribution is 0.629. The molecule has 3 aromatic rings. The van der Waals surface area contributed by atoms with Gasteiger partial charge in [0.2, 0.25) is 0 Å². The Bertz CT molecular complexity index is 1110. The Hall–Kier alpha value is -1.11. The molecule has 170 valence electrons. The fraction of sp³-hybridized carbons (Fsp3) is 0.556. The third-order valence-corrected chi connectivity index (χ3v) is 19.2. The summed E-state index contributed by atoms with van der Waals surface area (Å²) in [6, 6.07) is 14.9. The highest BCUT2D eigenvalue weighted by atomic mass is 28.3. The van der Waals surface area contributed by atoms with E-state index < -0.39 is 24.4 Å². The summed E-state index contributed by atoms with van der Waals surface area (Å²) in [6.45, 7) is 32.2. The molecule has 31 heavy (non-hydrogen) atoms. The van der Waals surface area contributed by atoms with Gasteiger partial charge in [-0.05, 0) is 22.2 Å². The average Bonchev–Trinajstić information content (AvgIpc) is 2.90. The van der Waals surface area contributed by atoms with Crippen LogP contribution >= 0.6 is 0 Å². The zero-order chi connectivity index (χ0) is 23.8. The highest BCUT2D eigenvalue weighted by Crippen LogP contribution is 2.50. The van der Waals surface area contributed by atoms with Crippen molar-refractivity contribution in [3.05, 3.63) is 36.4 Å². The van der Waals surface area contributed by atoms with Gasteiger partial charge in [-0.1, -0.05) is 122 Å². The Morgan fingerprint density at radius 1 is 0.581 bits per heavy atom. The quantitative estimate of drug-likeness (QED) is 0.345. The molecule has 2 aromatic carbocycles. The van der Waals surface area contributed by atoms with Crippen molar-refractivity contribution >= 4 is 56.6 Å². The van der Waals surface area contributed by atoms with Crippen LogP contribution in [0.1, 0.15) is 41.5 Å². The van der Waals surface area contributed by atoms with E-state index in [9.17, 15) is 0 Å². The van der Waals surface area contributed by atoms with E-state index in [2.05, 4.69) is 128 Å². The number of fused-ring (bicyclic) bond motifs is 3. The van der Waals surface area contributed by atoms with Crippen molar-refractivity contribution in [3.63, 3.8) is 0 Å². The first-order valence-corrected chi connectivity index (χ1v) is 21.3. The van der Waals surface area contributed by atoms with E-state index in [0.29, 0.717) is 10.1 Å². The van der Waals surface area contributed by atoms with E-state index in [1.54, 1.807) is 10.4 Å². The third-order valence-electron chi connectivity index (χ3n) is 7.88. The Morgan fingerprint density at radius 3 is 1.32 bits per heavy atom. The fourth-order valence-electron chi connectivity index (χ4n) is 5.51. The smallest absolute Gasteiger partial charge is 0.153 e. The molecule has 4 heteroatoms. The topological polar surface area (TPSA) is 4.93 Å². The summed E-state index contributed by atoms with van der Waals surface area (Å²) in [4.78, 5) is 0. The molecule has 1 aromatic heterocycles. The second-order valence-corrected chi connectivity index (χ2v) is 29.5. The van der Waals surface area contributed by atoms with Gasteiger partial charge in [0.25, 0.3) is 0 Å². The summed E-state index contributed by atoms with van der Waals surface area (Å²) in [6.07, 6.45) is 0. The molecule has 0 aliphatic rings. The summed E-state index contributed by atoms with van der Waals surface area (Å²) >= 11 is 0. The van der Waals surface area contributed by atoms with Crippen LogP contribution in [-0.2, 0) is 0 Å². The maximum absolute atomic E-state index is 2.75. The molecule has 0 unspecified atom stereocenters. The van der Waals surface area contributed by atoms with Gasteiger partial charge in [-0.2, -0.15) is 0 Å². The van der Waals surface area contributed by atoms with Crippen LogP contribution in [-0.4, -0.2) is 28.6 Å². The Balaban J connectivity index is 2.46. The highest BCUT2D eigenvalue weighted by molar-refractivity contribution is 6.95. The monoisotopic (exact) mass is 467 g/mol. The van der Waals surface area contributed by atoms with Crippen LogP contribution in [0.5, 0.6) is 0 Å². The minimum atomic E-state index is -1.81. The lowest BCUT2D eigenvalue weighted by Crippen LogP contribution is -2.58. The molecule has 1 heterocycles. The SMILES string of the molecule is CC(C)(C)[Si](C)(c1ccc2c3ccc([Si](C)(C)C)cc3n([Si](C)(C)C)c2c1)C(C)(C)C. The van der Waals surface area contributed by atoms with Crippen LogP contribution in [0.25, 0.3) is 21.8 Å². The molecule has 0 fully saturated rings. The van der Waals surface area contributed by atoms with Gasteiger partial charge >= 0.3 is 0 Å². The van der Waals surface area contributed by atoms with Crippen LogP contribution in [0, 0.1) is 0 Å². The van der Waals surface area contributed by atoms with Crippen LogP contribution in [0.3, 0.4) is 0 Å². The van der Waals surface area contributed by atoms with Gasteiger partial charge in [-0.15, -0.1) is 0 Å². The third kappa shape index (κ3) is 3.93. The largest absolute Gasteiger partial charge is 0.368 e. The number of hydrogen-bond donors (Lipinski definition) is 0. The fourth-order valence-corrected chi connectivity index (χ4v) is 13.3. The molecule has 0 N–H and O–H groups in total. The Morgan fingerprint density at radius 2 is 0.968 bits per heavy atom. The van der Waals surface area contributed by atoms with Crippen LogP contribution < -0.4 is 10.4 Å². The Labute approximate surface area is 194 Å². The van der Waals surface area contributed by atoms with E-state index >= 15 is 0 Å². The molecular weight excluding hydrogens is 423 g/mol. The van der Waals surface area contributed by atoms with Crippen molar-refractivity contribution in [1.29, 1.82) is 0 Å². The molecule has 0 aliphatic carbocycles. The van der Waals surface area contributed by atoms with Gasteiger partial charge in [0.1, 0.15) is 0 Å². The molecule has 0 bridgehead atoms. The number of nitrogens with zero attached hydrogens (tertiary/aromatic N) is 1.